The molecule has 0 atom stereocenters. The second-order valence-corrected chi connectivity index (χ2v) is 6.73. The molecule has 0 saturated carbocycles. The predicted octanol–water partition coefficient (Wildman–Crippen LogP) is 2.03. The quantitative estimate of drug-likeness (QED) is 0.776. The van der Waals surface area contributed by atoms with Gasteiger partial charge >= 0.3 is 0 Å². The minimum Gasteiger partial charge on any atom is -0.379 e. The van der Waals surface area contributed by atoms with Crippen molar-refractivity contribution in [2.45, 2.75) is 26.4 Å². The standard InChI is InChI=1S/C19H28N6O/c1-16(2)25(15-17-6-4-3-5-7-17)19-22-18(14-21-23-19)20-8-9-24-10-12-26-13-11-24/h3-7,14,16H,8-13,15H2,1-2H3,(H,20,22,23). The van der Waals surface area contributed by atoms with Gasteiger partial charge in [0.2, 0.25) is 5.95 Å². The van der Waals surface area contributed by atoms with Gasteiger partial charge in [0.1, 0.15) is 0 Å². The number of hydrogen-bond donors (Lipinski definition) is 1. The van der Waals surface area contributed by atoms with Crippen molar-refractivity contribution < 1.29 is 4.74 Å². The molecule has 1 fully saturated rings. The zero-order valence-electron chi connectivity index (χ0n) is 15.6. The smallest absolute Gasteiger partial charge is 0.247 e. The number of rotatable bonds is 8. The highest BCUT2D eigenvalue weighted by molar-refractivity contribution is 5.40. The molecule has 1 saturated heterocycles. The number of aromatic nitrogens is 3. The molecular weight excluding hydrogens is 328 g/mol. The summed E-state index contributed by atoms with van der Waals surface area (Å²) in [5, 5.41) is 11.8. The fourth-order valence-electron chi connectivity index (χ4n) is 2.93. The first kappa shape index (κ1) is 18.5. The van der Waals surface area contributed by atoms with Crippen molar-refractivity contribution in [1.82, 2.24) is 20.1 Å². The number of anilines is 2. The first-order valence-corrected chi connectivity index (χ1v) is 9.26. The normalized spacial score (nSPS) is 15.2. The molecular formula is C19H28N6O. The minimum atomic E-state index is 0.278. The van der Waals surface area contributed by atoms with Crippen LogP contribution < -0.4 is 10.2 Å². The molecule has 0 amide bonds. The number of nitrogens with zero attached hydrogens (tertiary/aromatic N) is 5. The lowest BCUT2D eigenvalue weighted by Crippen LogP contribution is -2.39. The van der Waals surface area contributed by atoms with Gasteiger partial charge in [0.15, 0.2) is 5.82 Å². The summed E-state index contributed by atoms with van der Waals surface area (Å²) in [4.78, 5) is 9.22. The van der Waals surface area contributed by atoms with Crippen molar-refractivity contribution in [2.24, 2.45) is 0 Å². The third-order valence-corrected chi connectivity index (χ3v) is 4.46. The van der Waals surface area contributed by atoms with Crippen LogP contribution in [0, 0.1) is 0 Å². The lowest BCUT2D eigenvalue weighted by molar-refractivity contribution is 0.0398. The number of nitrogens with one attached hydrogen (secondary N) is 1. The van der Waals surface area contributed by atoms with E-state index in [4.69, 9.17) is 4.74 Å². The summed E-state index contributed by atoms with van der Waals surface area (Å²) in [6.07, 6.45) is 1.68. The molecule has 0 aliphatic carbocycles. The Morgan fingerprint density at radius 2 is 1.96 bits per heavy atom. The maximum absolute atomic E-state index is 5.38. The molecule has 26 heavy (non-hydrogen) atoms. The SMILES string of the molecule is CC(C)N(Cc1ccccc1)c1nncc(NCCN2CCOCC2)n1. The fourth-order valence-corrected chi connectivity index (χ4v) is 2.93. The Morgan fingerprint density at radius 3 is 2.69 bits per heavy atom. The zero-order valence-corrected chi connectivity index (χ0v) is 15.6. The molecule has 140 valence electrons. The maximum Gasteiger partial charge on any atom is 0.247 e. The van der Waals surface area contributed by atoms with Crippen LogP contribution in [-0.2, 0) is 11.3 Å². The number of hydrogen-bond acceptors (Lipinski definition) is 7. The molecule has 7 heteroatoms. The van der Waals surface area contributed by atoms with Crippen molar-refractivity contribution in [3.05, 3.63) is 42.1 Å². The molecule has 0 radical (unpaired) electrons. The Morgan fingerprint density at radius 1 is 1.19 bits per heavy atom. The van der Waals surface area contributed by atoms with Crippen molar-refractivity contribution in [3.8, 4) is 0 Å². The number of morpholine rings is 1. The van der Waals surface area contributed by atoms with E-state index in [0.717, 1.165) is 51.8 Å². The highest BCUT2D eigenvalue weighted by Crippen LogP contribution is 2.16. The minimum absolute atomic E-state index is 0.278. The van der Waals surface area contributed by atoms with E-state index in [0.29, 0.717) is 5.95 Å². The van der Waals surface area contributed by atoms with Crippen LogP contribution in [0.5, 0.6) is 0 Å². The first-order chi connectivity index (χ1) is 12.7. The molecule has 0 spiro atoms. The van der Waals surface area contributed by atoms with Gasteiger partial charge in [-0.2, -0.15) is 10.1 Å². The third-order valence-electron chi connectivity index (χ3n) is 4.46. The summed E-state index contributed by atoms with van der Waals surface area (Å²) < 4.78 is 5.38. The van der Waals surface area contributed by atoms with Gasteiger partial charge in [0.25, 0.3) is 0 Å². The molecule has 1 aliphatic heterocycles. The molecule has 0 bridgehead atoms. The van der Waals surface area contributed by atoms with Crippen LogP contribution in [0.1, 0.15) is 19.4 Å². The maximum atomic E-state index is 5.38. The van der Waals surface area contributed by atoms with Crippen LogP contribution in [-0.4, -0.2) is 65.5 Å². The summed E-state index contributed by atoms with van der Waals surface area (Å²) in [7, 11) is 0. The van der Waals surface area contributed by atoms with Gasteiger partial charge in [-0.15, -0.1) is 5.10 Å². The molecule has 0 unspecified atom stereocenters. The van der Waals surface area contributed by atoms with Gasteiger partial charge < -0.3 is 15.0 Å². The van der Waals surface area contributed by atoms with Crippen molar-refractivity contribution in [3.63, 3.8) is 0 Å². The number of ether oxygens (including phenoxy) is 1. The Bertz CT molecular complexity index is 660. The fraction of sp³-hybridized carbons (Fsp3) is 0.526. The molecule has 2 heterocycles. The molecule has 2 aromatic rings. The van der Waals surface area contributed by atoms with Crippen molar-refractivity contribution in [2.75, 3.05) is 49.6 Å². The highest BCUT2D eigenvalue weighted by atomic mass is 16.5. The monoisotopic (exact) mass is 356 g/mol. The van der Waals surface area contributed by atoms with Gasteiger partial charge in [0, 0.05) is 38.8 Å². The van der Waals surface area contributed by atoms with E-state index in [9.17, 15) is 0 Å². The molecule has 1 aromatic carbocycles. The van der Waals surface area contributed by atoms with E-state index in [1.54, 1.807) is 6.20 Å². The zero-order chi connectivity index (χ0) is 18.2. The summed E-state index contributed by atoms with van der Waals surface area (Å²) in [6.45, 7) is 10.5. The first-order valence-electron chi connectivity index (χ1n) is 9.26. The van der Waals surface area contributed by atoms with Gasteiger partial charge in [-0.3, -0.25) is 4.90 Å². The summed E-state index contributed by atoms with van der Waals surface area (Å²) >= 11 is 0. The predicted molar refractivity (Wildman–Crippen MR) is 103 cm³/mol. The lowest BCUT2D eigenvalue weighted by atomic mass is 10.2. The van der Waals surface area contributed by atoms with Gasteiger partial charge in [0.05, 0.1) is 19.4 Å². The Balaban J connectivity index is 1.60. The van der Waals surface area contributed by atoms with E-state index in [-0.39, 0.29) is 6.04 Å². The molecule has 1 aromatic heterocycles. The highest BCUT2D eigenvalue weighted by Gasteiger charge is 2.15. The van der Waals surface area contributed by atoms with E-state index >= 15 is 0 Å². The third kappa shape index (κ3) is 5.37. The van der Waals surface area contributed by atoms with Gasteiger partial charge in [-0.25, -0.2) is 0 Å². The largest absolute Gasteiger partial charge is 0.379 e. The van der Waals surface area contributed by atoms with Crippen LogP contribution in [0.2, 0.25) is 0 Å². The van der Waals surface area contributed by atoms with Crippen molar-refractivity contribution in [1.29, 1.82) is 0 Å². The Labute approximate surface area is 155 Å². The molecule has 7 nitrogen and oxygen atoms in total. The second kappa shape index (κ2) is 9.45. The molecule has 3 rings (SSSR count). The molecule has 1 aliphatic rings. The van der Waals surface area contributed by atoms with Crippen molar-refractivity contribution >= 4 is 11.8 Å². The summed E-state index contributed by atoms with van der Waals surface area (Å²) in [5.74, 6) is 1.42. The Kier molecular flexibility index (Phi) is 6.74. The summed E-state index contributed by atoms with van der Waals surface area (Å²) in [6, 6.07) is 10.6. The molecule has 1 N–H and O–H groups in total. The summed E-state index contributed by atoms with van der Waals surface area (Å²) in [5.41, 5.74) is 1.23. The van der Waals surface area contributed by atoms with E-state index in [1.165, 1.54) is 5.56 Å². The topological polar surface area (TPSA) is 66.4 Å². The van der Waals surface area contributed by atoms with E-state index < -0.39 is 0 Å². The number of benzene rings is 1. The lowest BCUT2D eigenvalue weighted by Gasteiger charge is -2.27. The average Bonchev–Trinajstić information content (AvgIpc) is 2.68. The van der Waals surface area contributed by atoms with Crippen LogP contribution in [0.3, 0.4) is 0 Å². The van der Waals surface area contributed by atoms with Gasteiger partial charge in [-0.1, -0.05) is 30.3 Å². The van der Waals surface area contributed by atoms with Gasteiger partial charge in [-0.05, 0) is 19.4 Å². The van der Waals surface area contributed by atoms with Crippen LogP contribution in [0.15, 0.2) is 36.5 Å². The van der Waals surface area contributed by atoms with E-state index in [2.05, 4.69) is 68.4 Å². The van der Waals surface area contributed by atoms with Crippen LogP contribution >= 0.6 is 0 Å². The van der Waals surface area contributed by atoms with Crippen LogP contribution in [0.4, 0.5) is 11.8 Å². The second-order valence-electron chi connectivity index (χ2n) is 6.73. The average molecular weight is 356 g/mol. The van der Waals surface area contributed by atoms with Crippen LogP contribution in [0.25, 0.3) is 0 Å². The Hall–Kier alpha value is -2.25. The van der Waals surface area contributed by atoms with E-state index in [1.807, 2.05) is 6.07 Å².